The van der Waals surface area contributed by atoms with E-state index in [-0.39, 0.29) is 24.2 Å². The van der Waals surface area contributed by atoms with E-state index in [1.807, 2.05) is 0 Å². The quantitative estimate of drug-likeness (QED) is 0.439. The topological polar surface area (TPSA) is 156 Å². The van der Waals surface area contributed by atoms with Crippen molar-refractivity contribution < 1.29 is 0 Å². The second kappa shape index (κ2) is 10.3. The van der Waals surface area contributed by atoms with Gasteiger partial charge in [0.2, 0.25) is 17.8 Å². The van der Waals surface area contributed by atoms with Crippen LogP contribution in [0.1, 0.15) is 25.3 Å². The highest BCUT2D eigenvalue weighted by Gasteiger charge is 2.31. The van der Waals surface area contributed by atoms with Gasteiger partial charge in [-0.1, -0.05) is 17.7 Å². The number of hydrogen-bond acceptors (Lipinski definition) is 11. The van der Waals surface area contributed by atoms with Crippen LogP contribution in [-0.2, 0) is 0 Å². The summed E-state index contributed by atoms with van der Waals surface area (Å²) in [5.41, 5.74) is 27.7. The first-order valence-corrected chi connectivity index (χ1v) is 13.1. The molecular weight excluding hydrogens is 454 g/mol. The summed E-state index contributed by atoms with van der Waals surface area (Å²) in [6.07, 6.45) is 1.60. The van der Waals surface area contributed by atoms with Crippen molar-refractivity contribution in [2.75, 3.05) is 65.4 Å². The summed E-state index contributed by atoms with van der Waals surface area (Å²) in [6, 6.07) is 9.01. The molecule has 11 nitrogen and oxygen atoms in total. The molecule has 5 atom stereocenters. The highest BCUT2D eigenvalue weighted by atomic mass is 15.4. The minimum Gasteiger partial charge on any atom is -0.365 e. The molecule has 3 aliphatic rings. The second-order valence-corrected chi connectivity index (χ2v) is 10.9. The molecule has 4 heterocycles. The SMILES string of the molecule is Cc1ccc(N2CCN(c3nc(N4CC(N)CC(N)C4)nc(N4CC(N)CC(N)C4)n3)CC2C)cc1. The van der Waals surface area contributed by atoms with Gasteiger partial charge in [-0.15, -0.1) is 0 Å². The number of aromatic nitrogens is 3. The lowest BCUT2D eigenvalue weighted by Gasteiger charge is -2.42. The van der Waals surface area contributed by atoms with E-state index < -0.39 is 0 Å². The maximum Gasteiger partial charge on any atom is 0.232 e. The van der Waals surface area contributed by atoms with Crippen LogP contribution in [0.5, 0.6) is 0 Å². The molecule has 0 radical (unpaired) electrons. The minimum atomic E-state index is -0.00711. The van der Waals surface area contributed by atoms with Crippen molar-refractivity contribution in [2.24, 2.45) is 22.9 Å². The van der Waals surface area contributed by atoms with E-state index in [0.717, 1.165) is 32.5 Å². The lowest BCUT2D eigenvalue weighted by Crippen LogP contribution is -2.55. The molecule has 11 heteroatoms. The maximum atomic E-state index is 6.30. The van der Waals surface area contributed by atoms with Gasteiger partial charge in [-0.3, -0.25) is 0 Å². The minimum absolute atomic E-state index is 0.00711. The molecule has 0 bridgehead atoms. The van der Waals surface area contributed by atoms with Crippen molar-refractivity contribution in [1.29, 1.82) is 0 Å². The molecule has 0 aliphatic carbocycles. The van der Waals surface area contributed by atoms with Gasteiger partial charge in [-0.25, -0.2) is 0 Å². The zero-order valence-electron chi connectivity index (χ0n) is 21.5. The Balaban J connectivity index is 1.42. The molecule has 1 aromatic carbocycles. The van der Waals surface area contributed by atoms with Crippen LogP contribution in [0.3, 0.4) is 0 Å². The predicted molar refractivity (Wildman–Crippen MR) is 146 cm³/mol. The highest BCUT2D eigenvalue weighted by molar-refractivity contribution is 5.52. The monoisotopic (exact) mass is 495 g/mol. The first kappa shape index (κ1) is 24.9. The number of anilines is 4. The van der Waals surface area contributed by atoms with E-state index in [2.05, 4.69) is 57.7 Å². The van der Waals surface area contributed by atoms with Gasteiger partial charge in [-0.05, 0) is 38.8 Å². The molecule has 2 aromatic rings. The van der Waals surface area contributed by atoms with Crippen molar-refractivity contribution in [1.82, 2.24) is 15.0 Å². The third-order valence-electron chi connectivity index (χ3n) is 7.47. The fourth-order valence-corrected chi connectivity index (χ4v) is 5.71. The molecule has 3 aliphatic heterocycles. The normalized spacial score (nSPS) is 29.6. The van der Waals surface area contributed by atoms with Gasteiger partial charge in [0.15, 0.2) is 0 Å². The Hall–Kier alpha value is -2.73. The fourth-order valence-electron chi connectivity index (χ4n) is 5.71. The van der Waals surface area contributed by atoms with E-state index in [1.165, 1.54) is 11.3 Å². The maximum absolute atomic E-state index is 6.30. The van der Waals surface area contributed by atoms with Gasteiger partial charge in [0.25, 0.3) is 0 Å². The zero-order chi connectivity index (χ0) is 25.4. The molecule has 3 saturated heterocycles. The Kier molecular flexibility index (Phi) is 7.16. The molecule has 36 heavy (non-hydrogen) atoms. The van der Waals surface area contributed by atoms with Crippen molar-refractivity contribution in [3.63, 3.8) is 0 Å². The van der Waals surface area contributed by atoms with Gasteiger partial charge in [0, 0.05) is 81.7 Å². The summed E-state index contributed by atoms with van der Waals surface area (Å²) in [7, 11) is 0. The van der Waals surface area contributed by atoms with Gasteiger partial charge >= 0.3 is 0 Å². The largest absolute Gasteiger partial charge is 0.365 e. The van der Waals surface area contributed by atoms with Crippen molar-refractivity contribution >= 4 is 23.5 Å². The number of hydrogen-bond donors (Lipinski definition) is 4. The average molecular weight is 496 g/mol. The first-order valence-electron chi connectivity index (χ1n) is 13.1. The zero-order valence-corrected chi connectivity index (χ0v) is 21.5. The van der Waals surface area contributed by atoms with Crippen molar-refractivity contribution in [3.05, 3.63) is 29.8 Å². The van der Waals surface area contributed by atoms with Crippen LogP contribution < -0.4 is 42.5 Å². The van der Waals surface area contributed by atoms with Gasteiger partial charge in [0.05, 0.1) is 0 Å². The Morgan fingerprint density at radius 1 is 0.639 bits per heavy atom. The smallest absolute Gasteiger partial charge is 0.232 e. The molecule has 5 rings (SSSR count). The number of benzene rings is 1. The molecule has 0 spiro atoms. The third-order valence-corrected chi connectivity index (χ3v) is 7.47. The van der Waals surface area contributed by atoms with Crippen LogP contribution in [0.4, 0.5) is 23.5 Å². The van der Waals surface area contributed by atoms with E-state index >= 15 is 0 Å². The first-order chi connectivity index (χ1) is 17.2. The molecule has 0 saturated carbocycles. The van der Waals surface area contributed by atoms with Crippen molar-refractivity contribution in [2.45, 2.75) is 56.9 Å². The summed E-state index contributed by atoms with van der Waals surface area (Å²) in [4.78, 5) is 23.7. The molecule has 5 unspecified atom stereocenters. The number of nitrogens with zero attached hydrogens (tertiary/aromatic N) is 7. The number of piperidine rings is 2. The Labute approximate surface area is 213 Å². The molecule has 196 valence electrons. The summed E-state index contributed by atoms with van der Waals surface area (Å²) in [5, 5.41) is 0. The van der Waals surface area contributed by atoms with Crippen LogP contribution in [0.2, 0.25) is 0 Å². The second-order valence-electron chi connectivity index (χ2n) is 10.9. The van der Waals surface area contributed by atoms with E-state index in [0.29, 0.717) is 50.1 Å². The van der Waals surface area contributed by atoms with Crippen LogP contribution >= 0.6 is 0 Å². The number of nitrogens with two attached hydrogens (primary N) is 4. The number of piperazine rings is 1. The molecule has 8 N–H and O–H groups in total. The number of aryl methyl sites for hydroxylation is 1. The van der Waals surface area contributed by atoms with Crippen LogP contribution in [0.15, 0.2) is 24.3 Å². The Morgan fingerprint density at radius 3 is 1.53 bits per heavy atom. The molecule has 1 aromatic heterocycles. The third kappa shape index (κ3) is 5.49. The highest BCUT2D eigenvalue weighted by Crippen LogP contribution is 2.27. The summed E-state index contributed by atoms with van der Waals surface area (Å²) >= 11 is 0. The van der Waals surface area contributed by atoms with E-state index in [4.69, 9.17) is 37.9 Å². The molecular formula is C25H41N11. The van der Waals surface area contributed by atoms with E-state index in [1.54, 1.807) is 0 Å². The Morgan fingerprint density at radius 2 is 1.08 bits per heavy atom. The van der Waals surface area contributed by atoms with Crippen LogP contribution in [0.25, 0.3) is 0 Å². The average Bonchev–Trinajstić information content (AvgIpc) is 2.83. The van der Waals surface area contributed by atoms with Crippen LogP contribution in [0, 0.1) is 6.92 Å². The lowest BCUT2D eigenvalue weighted by atomic mass is 10.0. The summed E-state index contributed by atoms with van der Waals surface area (Å²) in [5.74, 6) is 1.94. The molecule has 0 amide bonds. The van der Waals surface area contributed by atoms with Gasteiger partial charge in [-0.2, -0.15) is 15.0 Å². The molecule has 3 fully saturated rings. The summed E-state index contributed by atoms with van der Waals surface area (Å²) < 4.78 is 0. The lowest BCUT2D eigenvalue weighted by molar-refractivity contribution is 0.440. The summed E-state index contributed by atoms with van der Waals surface area (Å²) in [6.45, 7) is 9.58. The van der Waals surface area contributed by atoms with Crippen molar-refractivity contribution in [3.8, 4) is 0 Å². The fraction of sp³-hybridized carbons (Fsp3) is 0.640. The number of rotatable bonds is 4. The van der Waals surface area contributed by atoms with Gasteiger partial charge in [0.1, 0.15) is 0 Å². The van der Waals surface area contributed by atoms with E-state index in [9.17, 15) is 0 Å². The standard InChI is InChI=1S/C25H41N11/c1-16-3-5-22(6-4-16)36-8-7-33(11-17(36)2)23-30-24(34-12-18(26)9-19(27)13-34)32-25(31-23)35-14-20(28)10-21(29)15-35/h3-6,17-21H,7-15,26-29H2,1-2H3. The Bertz CT molecular complexity index is 967. The van der Waals surface area contributed by atoms with Gasteiger partial charge < -0.3 is 42.5 Å². The predicted octanol–water partition coefficient (Wildman–Crippen LogP) is -0.375. The van der Waals surface area contributed by atoms with Crippen LogP contribution in [-0.4, -0.2) is 91.0 Å².